The molecule has 0 aromatic heterocycles. The summed E-state index contributed by atoms with van der Waals surface area (Å²) in [6.07, 6.45) is 1.48. The zero-order chi connectivity index (χ0) is 6.41. The van der Waals surface area contributed by atoms with Crippen LogP contribution < -0.4 is 17.3 Å². The van der Waals surface area contributed by atoms with Crippen molar-refractivity contribution in [2.24, 2.45) is 4.99 Å². The normalized spacial score (nSPS) is 7.89. The van der Waals surface area contributed by atoms with Gasteiger partial charge in [-0.3, -0.25) is 0 Å². The van der Waals surface area contributed by atoms with E-state index in [0.29, 0.717) is 6.54 Å². The van der Waals surface area contributed by atoms with Crippen LogP contribution in [-0.4, -0.2) is 33.3 Å². The van der Waals surface area contributed by atoms with Crippen molar-refractivity contribution in [3.63, 3.8) is 0 Å². The van der Waals surface area contributed by atoms with E-state index in [2.05, 4.69) is 4.99 Å². The molecule has 0 aliphatic heterocycles. The van der Waals surface area contributed by atoms with E-state index in [4.69, 9.17) is 0 Å². The number of rotatable bonds is 3. The number of hydrogen-bond acceptors (Lipinski definition) is 2. The molecule has 0 saturated heterocycles. The van der Waals surface area contributed by atoms with Gasteiger partial charge in [-0.25, -0.2) is 4.79 Å². The average molecular weight is 151 g/mol. The summed E-state index contributed by atoms with van der Waals surface area (Å²) in [5.41, 5.74) is 0. The summed E-state index contributed by atoms with van der Waals surface area (Å²) in [5, 5.41) is 0. The summed E-state index contributed by atoms with van der Waals surface area (Å²) in [6.45, 7) is 1.49. The molecular formula is C5H11ClN2O. The average Bonchev–Trinajstić information content (AvgIpc) is 1.66. The highest BCUT2D eigenvalue weighted by atomic mass is 35.5. The Morgan fingerprint density at radius 1 is 1.56 bits per heavy atom. The summed E-state index contributed by atoms with van der Waals surface area (Å²) >= 11 is 0. The fourth-order valence-electron chi connectivity index (χ4n) is 0.325. The number of quaternary nitrogens is 1. The van der Waals surface area contributed by atoms with Crippen molar-refractivity contribution in [3.05, 3.63) is 0 Å². The Bertz CT molecular complexity index is 99.1. The SMILES string of the molecule is C[NH+](C)CCN=C=O.[Cl-]. The summed E-state index contributed by atoms with van der Waals surface area (Å²) in [5.74, 6) is 0. The largest absolute Gasteiger partial charge is 1.00 e. The number of aliphatic imine (C=N–C) groups is 1. The Hall–Kier alpha value is -0.370. The molecule has 9 heavy (non-hydrogen) atoms. The summed E-state index contributed by atoms with van der Waals surface area (Å²) in [7, 11) is 4.03. The zero-order valence-electron chi connectivity index (χ0n) is 5.65. The van der Waals surface area contributed by atoms with Gasteiger partial charge in [-0.1, -0.05) is 0 Å². The molecule has 4 heteroatoms. The fraction of sp³-hybridized carbons (Fsp3) is 0.800. The lowest BCUT2D eigenvalue weighted by molar-refractivity contribution is -0.856. The van der Waals surface area contributed by atoms with Gasteiger partial charge >= 0.3 is 0 Å². The highest BCUT2D eigenvalue weighted by Crippen LogP contribution is 1.54. The molecule has 0 bridgehead atoms. The number of isocyanates is 1. The summed E-state index contributed by atoms with van der Waals surface area (Å²) in [4.78, 5) is 14.2. The second-order valence-corrected chi connectivity index (χ2v) is 1.93. The van der Waals surface area contributed by atoms with Crippen molar-refractivity contribution in [3.8, 4) is 0 Å². The highest BCUT2D eigenvalue weighted by molar-refractivity contribution is 5.32. The molecule has 0 heterocycles. The van der Waals surface area contributed by atoms with Gasteiger partial charge in [0, 0.05) is 0 Å². The van der Waals surface area contributed by atoms with Crippen molar-refractivity contribution in [2.75, 3.05) is 27.2 Å². The predicted octanol–water partition coefficient (Wildman–Crippen LogP) is -4.53. The second kappa shape index (κ2) is 7.63. The van der Waals surface area contributed by atoms with E-state index in [0.717, 1.165) is 6.54 Å². The van der Waals surface area contributed by atoms with Crippen molar-refractivity contribution in [2.45, 2.75) is 0 Å². The van der Waals surface area contributed by atoms with Crippen LogP contribution in [-0.2, 0) is 4.79 Å². The zero-order valence-corrected chi connectivity index (χ0v) is 6.40. The van der Waals surface area contributed by atoms with Crippen LogP contribution in [0.2, 0.25) is 0 Å². The first-order chi connectivity index (χ1) is 3.77. The molecule has 0 amide bonds. The molecule has 0 unspecified atom stereocenters. The van der Waals surface area contributed by atoms with E-state index >= 15 is 0 Å². The molecule has 3 nitrogen and oxygen atoms in total. The molecule has 0 aliphatic rings. The highest BCUT2D eigenvalue weighted by Gasteiger charge is 1.87. The van der Waals surface area contributed by atoms with Gasteiger partial charge in [0.1, 0.15) is 6.54 Å². The lowest BCUT2D eigenvalue weighted by atomic mass is 10.6. The number of likely N-dealkylation sites (N-methyl/N-ethyl adjacent to an activating group) is 1. The van der Waals surface area contributed by atoms with Gasteiger partial charge < -0.3 is 17.3 Å². The van der Waals surface area contributed by atoms with E-state index in [1.54, 1.807) is 0 Å². The van der Waals surface area contributed by atoms with Gasteiger partial charge in [0.2, 0.25) is 6.08 Å². The van der Waals surface area contributed by atoms with Gasteiger partial charge in [-0.15, -0.1) is 0 Å². The summed E-state index contributed by atoms with van der Waals surface area (Å²) in [6, 6.07) is 0. The van der Waals surface area contributed by atoms with Crippen molar-refractivity contribution in [1.29, 1.82) is 0 Å². The first kappa shape index (κ1) is 11.4. The van der Waals surface area contributed by atoms with E-state index in [-0.39, 0.29) is 12.4 Å². The minimum atomic E-state index is 0. The molecule has 0 aromatic carbocycles. The maximum Gasteiger partial charge on any atom is 0.235 e. The lowest BCUT2D eigenvalue weighted by Crippen LogP contribution is -3.06. The topological polar surface area (TPSA) is 33.9 Å². The van der Waals surface area contributed by atoms with Gasteiger partial charge in [-0.2, -0.15) is 4.99 Å². The van der Waals surface area contributed by atoms with Crippen LogP contribution in [0.5, 0.6) is 0 Å². The first-order valence-corrected chi connectivity index (χ1v) is 2.60. The number of nitrogens with one attached hydrogen (secondary N) is 1. The monoisotopic (exact) mass is 150 g/mol. The number of halogens is 1. The fourth-order valence-corrected chi connectivity index (χ4v) is 0.325. The van der Waals surface area contributed by atoms with E-state index in [1.807, 2.05) is 14.1 Å². The lowest BCUT2D eigenvalue weighted by Gasteiger charge is -2.01. The van der Waals surface area contributed by atoms with Crippen LogP contribution in [0.15, 0.2) is 4.99 Å². The molecule has 1 N–H and O–H groups in total. The van der Waals surface area contributed by atoms with Crippen LogP contribution in [0.1, 0.15) is 0 Å². The third kappa shape index (κ3) is 11.3. The molecule has 0 atom stereocenters. The minimum Gasteiger partial charge on any atom is -1.00 e. The third-order valence-corrected chi connectivity index (χ3v) is 0.788. The molecule has 0 aliphatic carbocycles. The van der Waals surface area contributed by atoms with Gasteiger partial charge in [0.25, 0.3) is 0 Å². The molecular weight excluding hydrogens is 140 g/mol. The van der Waals surface area contributed by atoms with E-state index in [9.17, 15) is 4.79 Å². The van der Waals surface area contributed by atoms with Gasteiger partial charge in [0.15, 0.2) is 0 Å². The Morgan fingerprint density at radius 2 is 2.11 bits per heavy atom. The van der Waals surface area contributed by atoms with Crippen LogP contribution >= 0.6 is 0 Å². The molecule has 0 fully saturated rings. The van der Waals surface area contributed by atoms with Crippen molar-refractivity contribution >= 4 is 6.08 Å². The number of carbonyl (C=O) groups excluding carboxylic acids is 1. The predicted molar refractivity (Wildman–Crippen MR) is 30.7 cm³/mol. The maximum atomic E-state index is 9.49. The van der Waals surface area contributed by atoms with Gasteiger partial charge in [0.05, 0.1) is 20.6 Å². The van der Waals surface area contributed by atoms with E-state index in [1.165, 1.54) is 11.0 Å². The Balaban J connectivity index is 0. The molecule has 0 spiro atoms. The van der Waals surface area contributed by atoms with Crippen LogP contribution in [0, 0.1) is 0 Å². The second-order valence-electron chi connectivity index (χ2n) is 1.93. The molecule has 0 rings (SSSR count). The quantitative estimate of drug-likeness (QED) is 0.319. The van der Waals surface area contributed by atoms with Crippen molar-refractivity contribution < 1.29 is 22.1 Å². The molecule has 0 saturated carbocycles. The first-order valence-electron chi connectivity index (χ1n) is 2.60. The van der Waals surface area contributed by atoms with Gasteiger partial charge in [-0.05, 0) is 0 Å². The molecule has 0 radical (unpaired) electrons. The molecule has 54 valence electrons. The third-order valence-electron chi connectivity index (χ3n) is 0.788. The van der Waals surface area contributed by atoms with Crippen molar-refractivity contribution in [1.82, 2.24) is 0 Å². The van der Waals surface area contributed by atoms with Crippen LogP contribution in [0.4, 0.5) is 0 Å². The summed E-state index contributed by atoms with van der Waals surface area (Å²) < 4.78 is 0. The van der Waals surface area contributed by atoms with Crippen LogP contribution in [0.3, 0.4) is 0 Å². The van der Waals surface area contributed by atoms with Crippen LogP contribution in [0.25, 0.3) is 0 Å². The Labute approximate surface area is 61.2 Å². The Kier molecular flexibility index (Phi) is 9.69. The smallest absolute Gasteiger partial charge is 0.235 e. The number of nitrogens with zero attached hydrogens (tertiary/aromatic N) is 1. The number of hydrogen-bond donors (Lipinski definition) is 1. The Morgan fingerprint density at radius 3 is 2.44 bits per heavy atom. The molecule has 0 aromatic rings. The standard InChI is InChI=1S/C5H10N2O.ClH/c1-7(2)4-3-6-5-8;/h3-4H2,1-2H3;1H. The maximum absolute atomic E-state index is 9.49. The van der Waals surface area contributed by atoms with E-state index < -0.39 is 0 Å². The minimum absolute atomic E-state index is 0.